The molecule has 1 aromatic rings. The first kappa shape index (κ1) is 14.7. The Kier molecular flexibility index (Phi) is 6.14. The summed E-state index contributed by atoms with van der Waals surface area (Å²) in [7, 11) is 0. The minimum absolute atomic E-state index is 0.563. The Balaban J connectivity index is 2.42. The monoisotopic (exact) mass is 254 g/mol. The second-order valence-corrected chi connectivity index (χ2v) is 6.46. The molecule has 0 bridgehead atoms. The molecule has 3 heteroatoms. The van der Waals surface area contributed by atoms with E-state index in [9.17, 15) is 0 Å². The van der Waals surface area contributed by atoms with Crippen LogP contribution in [0.5, 0.6) is 0 Å². The Bertz CT molecular complexity index is 318. The first-order valence-corrected chi connectivity index (χ1v) is 7.54. The van der Waals surface area contributed by atoms with Crippen LogP contribution >= 0.6 is 11.3 Å². The number of thiazole rings is 1. The van der Waals surface area contributed by atoms with Gasteiger partial charge in [-0.2, -0.15) is 0 Å². The maximum atomic E-state index is 4.74. The van der Waals surface area contributed by atoms with Gasteiger partial charge in [0.15, 0.2) is 0 Å². The van der Waals surface area contributed by atoms with Gasteiger partial charge in [0.2, 0.25) is 0 Å². The van der Waals surface area contributed by atoms with E-state index >= 15 is 0 Å². The van der Waals surface area contributed by atoms with E-state index in [1.807, 2.05) is 11.3 Å². The van der Waals surface area contributed by atoms with Crippen LogP contribution in [0.25, 0.3) is 0 Å². The van der Waals surface area contributed by atoms with Gasteiger partial charge in [0.1, 0.15) is 0 Å². The third-order valence-corrected chi connectivity index (χ3v) is 3.87. The van der Waals surface area contributed by atoms with Crippen molar-refractivity contribution in [2.75, 3.05) is 6.54 Å². The zero-order valence-corrected chi connectivity index (χ0v) is 12.6. The molecule has 1 rings (SSSR count). The van der Waals surface area contributed by atoms with Gasteiger partial charge in [-0.25, -0.2) is 4.98 Å². The molecule has 0 aliphatic carbocycles. The lowest BCUT2D eigenvalue weighted by molar-refractivity contribution is 0.521. The SMILES string of the molecule is CC(C)CC(C)c1nc(CCNC(C)C)cs1. The summed E-state index contributed by atoms with van der Waals surface area (Å²) >= 11 is 1.82. The molecule has 0 saturated carbocycles. The highest BCUT2D eigenvalue weighted by atomic mass is 32.1. The largest absolute Gasteiger partial charge is 0.314 e. The van der Waals surface area contributed by atoms with E-state index in [2.05, 4.69) is 45.3 Å². The van der Waals surface area contributed by atoms with Gasteiger partial charge in [0.25, 0.3) is 0 Å². The molecule has 0 saturated heterocycles. The van der Waals surface area contributed by atoms with Crippen molar-refractivity contribution in [3.8, 4) is 0 Å². The summed E-state index contributed by atoms with van der Waals surface area (Å²) in [5, 5.41) is 6.95. The molecular formula is C14H26N2S. The van der Waals surface area contributed by atoms with Crippen molar-refractivity contribution in [2.45, 2.75) is 59.4 Å². The molecule has 17 heavy (non-hydrogen) atoms. The lowest BCUT2D eigenvalue weighted by Gasteiger charge is -2.10. The Morgan fingerprint density at radius 1 is 1.24 bits per heavy atom. The van der Waals surface area contributed by atoms with Crippen molar-refractivity contribution >= 4 is 11.3 Å². The van der Waals surface area contributed by atoms with Gasteiger partial charge in [-0.3, -0.25) is 0 Å². The minimum atomic E-state index is 0.563. The van der Waals surface area contributed by atoms with Crippen molar-refractivity contribution in [3.05, 3.63) is 16.1 Å². The Morgan fingerprint density at radius 3 is 2.53 bits per heavy atom. The van der Waals surface area contributed by atoms with E-state index in [1.165, 1.54) is 17.1 Å². The quantitative estimate of drug-likeness (QED) is 0.800. The molecule has 1 N–H and O–H groups in total. The molecule has 0 spiro atoms. The molecule has 1 heterocycles. The van der Waals surface area contributed by atoms with Crippen LogP contribution in [0.4, 0.5) is 0 Å². The summed E-state index contributed by atoms with van der Waals surface area (Å²) in [6.07, 6.45) is 2.28. The van der Waals surface area contributed by atoms with Crippen molar-refractivity contribution in [1.29, 1.82) is 0 Å². The standard InChI is InChI=1S/C14H26N2S/c1-10(2)8-12(5)14-16-13(9-17-14)6-7-15-11(3)4/h9-12,15H,6-8H2,1-5H3. The maximum absolute atomic E-state index is 4.74. The summed E-state index contributed by atoms with van der Waals surface area (Å²) in [4.78, 5) is 4.74. The Hall–Kier alpha value is -0.410. The molecule has 1 atom stereocenters. The number of nitrogens with zero attached hydrogens (tertiary/aromatic N) is 1. The van der Waals surface area contributed by atoms with E-state index in [1.54, 1.807) is 0 Å². The molecule has 98 valence electrons. The van der Waals surface area contributed by atoms with Crippen LogP contribution < -0.4 is 5.32 Å². The van der Waals surface area contributed by atoms with Crippen molar-refractivity contribution < 1.29 is 0 Å². The van der Waals surface area contributed by atoms with Gasteiger partial charge in [-0.15, -0.1) is 11.3 Å². The minimum Gasteiger partial charge on any atom is -0.314 e. The van der Waals surface area contributed by atoms with Gasteiger partial charge < -0.3 is 5.32 Å². The number of aromatic nitrogens is 1. The number of rotatable bonds is 7. The van der Waals surface area contributed by atoms with Crippen LogP contribution in [0, 0.1) is 5.92 Å². The lowest BCUT2D eigenvalue weighted by Crippen LogP contribution is -2.25. The van der Waals surface area contributed by atoms with Crippen LogP contribution in [-0.2, 0) is 6.42 Å². The molecular weight excluding hydrogens is 228 g/mol. The third kappa shape index (κ3) is 5.64. The fourth-order valence-corrected chi connectivity index (χ4v) is 2.89. The average molecular weight is 254 g/mol. The second-order valence-electron chi connectivity index (χ2n) is 5.57. The fourth-order valence-electron chi connectivity index (χ4n) is 1.96. The summed E-state index contributed by atoms with van der Waals surface area (Å²) in [6, 6.07) is 0.563. The van der Waals surface area contributed by atoms with E-state index in [4.69, 9.17) is 4.98 Å². The number of nitrogens with one attached hydrogen (secondary N) is 1. The van der Waals surface area contributed by atoms with Crippen molar-refractivity contribution in [2.24, 2.45) is 5.92 Å². The molecule has 0 aromatic carbocycles. The molecule has 0 aliphatic heterocycles. The highest BCUT2D eigenvalue weighted by molar-refractivity contribution is 7.09. The number of hydrogen-bond acceptors (Lipinski definition) is 3. The smallest absolute Gasteiger partial charge is 0.0956 e. The molecule has 0 radical (unpaired) electrons. The predicted molar refractivity (Wildman–Crippen MR) is 76.8 cm³/mol. The highest BCUT2D eigenvalue weighted by Crippen LogP contribution is 2.26. The maximum Gasteiger partial charge on any atom is 0.0956 e. The summed E-state index contributed by atoms with van der Waals surface area (Å²) < 4.78 is 0. The van der Waals surface area contributed by atoms with Crippen LogP contribution in [0.2, 0.25) is 0 Å². The second kappa shape index (κ2) is 7.12. The van der Waals surface area contributed by atoms with Gasteiger partial charge >= 0.3 is 0 Å². The molecule has 1 unspecified atom stereocenters. The van der Waals surface area contributed by atoms with Gasteiger partial charge in [0, 0.05) is 30.3 Å². The molecule has 2 nitrogen and oxygen atoms in total. The van der Waals surface area contributed by atoms with Crippen LogP contribution in [0.15, 0.2) is 5.38 Å². The van der Waals surface area contributed by atoms with Gasteiger partial charge in [-0.1, -0.05) is 34.6 Å². The van der Waals surface area contributed by atoms with Crippen molar-refractivity contribution in [3.63, 3.8) is 0 Å². The summed E-state index contributed by atoms with van der Waals surface area (Å²) in [6.45, 7) is 12.2. The van der Waals surface area contributed by atoms with Crippen molar-refractivity contribution in [1.82, 2.24) is 10.3 Å². The van der Waals surface area contributed by atoms with E-state index in [0.29, 0.717) is 12.0 Å². The zero-order chi connectivity index (χ0) is 12.8. The first-order valence-electron chi connectivity index (χ1n) is 6.66. The molecule has 0 aliphatic rings. The fraction of sp³-hybridized carbons (Fsp3) is 0.786. The molecule has 0 fully saturated rings. The normalized spacial score (nSPS) is 13.6. The van der Waals surface area contributed by atoms with E-state index in [-0.39, 0.29) is 0 Å². The number of hydrogen-bond donors (Lipinski definition) is 1. The zero-order valence-electron chi connectivity index (χ0n) is 11.8. The Labute approximate surface area is 110 Å². The topological polar surface area (TPSA) is 24.9 Å². The molecule has 0 amide bonds. The van der Waals surface area contributed by atoms with Gasteiger partial charge in [-0.05, 0) is 12.3 Å². The first-order chi connectivity index (χ1) is 7.99. The predicted octanol–water partition coefficient (Wildman–Crippen LogP) is 3.83. The molecule has 1 aromatic heterocycles. The van der Waals surface area contributed by atoms with E-state index in [0.717, 1.165) is 18.9 Å². The van der Waals surface area contributed by atoms with Crippen LogP contribution in [-0.4, -0.2) is 17.6 Å². The lowest BCUT2D eigenvalue weighted by atomic mass is 10.00. The summed E-state index contributed by atoms with van der Waals surface area (Å²) in [5.74, 6) is 1.35. The van der Waals surface area contributed by atoms with Gasteiger partial charge in [0.05, 0.1) is 10.7 Å². The van der Waals surface area contributed by atoms with Crippen LogP contribution in [0.1, 0.15) is 57.7 Å². The average Bonchev–Trinajstić information content (AvgIpc) is 2.64. The summed E-state index contributed by atoms with van der Waals surface area (Å²) in [5.41, 5.74) is 1.24. The third-order valence-electron chi connectivity index (χ3n) is 2.75. The van der Waals surface area contributed by atoms with Crippen LogP contribution in [0.3, 0.4) is 0 Å². The highest BCUT2D eigenvalue weighted by Gasteiger charge is 2.12. The van der Waals surface area contributed by atoms with E-state index < -0.39 is 0 Å². The Morgan fingerprint density at radius 2 is 1.94 bits per heavy atom.